The molecule has 2 unspecified atom stereocenters. The van der Waals surface area contributed by atoms with Gasteiger partial charge in [0.05, 0.1) is 18.9 Å². The maximum Gasteiger partial charge on any atom is 0.309 e. The number of esters is 1. The molecule has 2 atom stereocenters. The van der Waals surface area contributed by atoms with Gasteiger partial charge in [0.1, 0.15) is 11.6 Å². The normalized spacial score (nSPS) is 21.0. The standard InChI is InChI=1S/C18H22O4/c1-10-7-11(2)14(12(3)8-10)9-16(20)17-13(18(21)22-4)5-6-15(17)19/h7-8,13,17H,5-6,9H2,1-4H3. The van der Waals surface area contributed by atoms with Crippen LogP contribution in [0.4, 0.5) is 0 Å². The maximum absolute atomic E-state index is 12.6. The van der Waals surface area contributed by atoms with Crippen molar-refractivity contribution >= 4 is 17.5 Å². The first kappa shape index (κ1) is 16.4. The first-order valence-electron chi connectivity index (χ1n) is 7.55. The molecule has 1 saturated carbocycles. The van der Waals surface area contributed by atoms with Gasteiger partial charge >= 0.3 is 5.97 Å². The van der Waals surface area contributed by atoms with Gasteiger partial charge in [-0.3, -0.25) is 14.4 Å². The molecule has 0 aliphatic heterocycles. The van der Waals surface area contributed by atoms with Crippen molar-refractivity contribution in [2.75, 3.05) is 7.11 Å². The third kappa shape index (κ3) is 3.11. The zero-order valence-corrected chi connectivity index (χ0v) is 13.6. The number of Topliss-reactive ketones (excluding diaryl/α,β-unsaturated/α-hetero) is 2. The number of carbonyl (C=O) groups is 3. The second-order valence-corrected chi connectivity index (χ2v) is 6.13. The number of ketones is 2. The summed E-state index contributed by atoms with van der Waals surface area (Å²) in [6.45, 7) is 5.95. The van der Waals surface area contributed by atoms with Crippen molar-refractivity contribution in [3.63, 3.8) is 0 Å². The van der Waals surface area contributed by atoms with E-state index in [9.17, 15) is 14.4 Å². The van der Waals surface area contributed by atoms with Crippen LogP contribution in [-0.4, -0.2) is 24.6 Å². The summed E-state index contributed by atoms with van der Waals surface area (Å²) in [5.41, 5.74) is 4.20. The number of hydrogen-bond donors (Lipinski definition) is 0. The van der Waals surface area contributed by atoms with Gasteiger partial charge in [0.2, 0.25) is 0 Å². The average Bonchev–Trinajstić information content (AvgIpc) is 2.83. The van der Waals surface area contributed by atoms with Gasteiger partial charge in [0.25, 0.3) is 0 Å². The van der Waals surface area contributed by atoms with E-state index in [1.54, 1.807) is 0 Å². The monoisotopic (exact) mass is 302 g/mol. The first-order valence-corrected chi connectivity index (χ1v) is 7.55. The molecular formula is C18H22O4. The number of methoxy groups -OCH3 is 1. The lowest BCUT2D eigenvalue weighted by molar-refractivity contribution is -0.150. The van der Waals surface area contributed by atoms with E-state index >= 15 is 0 Å². The van der Waals surface area contributed by atoms with Crippen LogP contribution < -0.4 is 0 Å². The predicted molar refractivity (Wildman–Crippen MR) is 82.6 cm³/mol. The van der Waals surface area contributed by atoms with E-state index < -0.39 is 17.8 Å². The van der Waals surface area contributed by atoms with Crippen LogP contribution in [-0.2, 0) is 25.5 Å². The van der Waals surface area contributed by atoms with Gasteiger partial charge in [-0.05, 0) is 43.9 Å². The Morgan fingerprint density at radius 2 is 1.77 bits per heavy atom. The Hall–Kier alpha value is -1.97. The molecule has 0 N–H and O–H groups in total. The number of benzene rings is 1. The third-order valence-electron chi connectivity index (χ3n) is 4.49. The summed E-state index contributed by atoms with van der Waals surface area (Å²) >= 11 is 0. The smallest absolute Gasteiger partial charge is 0.309 e. The quantitative estimate of drug-likeness (QED) is 0.633. The zero-order chi connectivity index (χ0) is 16.4. The molecule has 1 aromatic carbocycles. The van der Waals surface area contributed by atoms with Gasteiger partial charge in [-0.25, -0.2) is 0 Å². The SMILES string of the molecule is COC(=O)C1CCC(=O)C1C(=O)Cc1c(C)cc(C)cc1C. The van der Waals surface area contributed by atoms with Crippen molar-refractivity contribution in [2.24, 2.45) is 11.8 Å². The van der Waals surface area contributed by atoms with E-state index in [1.165, 1.54) is 7.11 Å². The molecule has 1 aliphatic carbocycles. The number of carbonyl (C=O) groups excluding carboxylic acids is 3. The van der Waals surface area contributed by atoms with Crippen molar-refractivity contribution in [3.05, 3.63) is 34.4 Å². The summed E-state index contributed by atoms with van der Waals surface area (Å²) in [6.07, 6.45) is 0.887. The minimum absolute atomic E-state index is 0.136. The Labute approximate surface area is 130 Å². The molecule has 0 saturated heterocycles. The maximum atomic E-state index is 12.6. The number of hydrogen-bond acceptors (Lipinski definition) is 4. The molecule has 4 nitrogen and oxygen atoms in total. The van der Waals surface area contributed by atoms with Gasteiger partial charge in [-0.1, -0.05) is 17.7 Å². The van der Waals surface area contributed by atoms with Crippen LogP contribution in [0.5, 0.6) is 0 Å². The molecule has 0 aromatic heterocycles. The highest BCUT2D eigenvalue weighted by molar-refractivity contribution is 6.08. The van der Waals surface area contributed by atoms with Crippen molar-refractivity contribution in [1.29, 1.82) is 0 Å². The summed E-state index contributed by atoms with van der Waals surface area (Å²) < 4.78 is 4.73. The molecule has 1 fully saturated rings. The minimum atomic E-state index is -0.840. The zero-order valence-electron chi connectivity index (χ0n) is 13.6. The van der Waals surface area contributed by atoms with Gasteiger partial charge in [0, 0.05) is 12.8 Å². The van der Waals surface area contributed by atoms with E-state index in [-0.39, 0.29) is 24.4 Å². The van der Waals surface area contributed by atoms with E-state index in [4.69, 9.17) is 4.74 Å². The Morgan fingerprint density at radius 1 is 1.18 bits per heavy atom. The molecule has 0 spiro atoms. The topological polar surface area (TPSA) is 60.4 Å². The van der Waals surface area contributed by atoms with E-state index in [2.05, 4.69) is 0 Å². The Balaban J connectivity index is 2.25. The highest BCUT2D eigenvalue weighted by Crippen LogP contribution is 2.32. The second kappa shape index (κ2) is 6.42. The molecule has 1 aliphatic rings. The lowest BCUT2D eigenvalue weighted by Crippen LogP contribution is -2.31. The summed E-state index contributed by atoms with van der Waals surface area (Å²) in [4.78, 5) is 36.4. The van der Waals surface area contributed by atoms with Crippen LogP contribution >= 0.6 is 0 Å². The van der Waals surface area contributed by atoms with E-state index in [0.717, 1.165) is 22.3 Å². The lowest BCUT2D eigenvalue weighted by atomic mass is 9.86. The first-order chi connectivity index (χ1) is 10.3. The van der Waals surface area contributed by atoms with Gasteiger partial charge < -0.3 is 4.74 Å². The lowest BCUT2D eigenvalue weighted by Gasteiger charge is -2.17. The summed E-state index contributed by atoms with van der Waals surface area (Å²) in [5.74, 6) is -2.22. The Kier molecular flexibility index (Phi) is 4.79. The number of aryl methyl sites for hydroxylation is 3. The largest absolute Gasteiger partial charge is 0.469 e. The van der Waals surface area contributed by atoms with Gasteiger partial charge in [-0.15, -0.1) is 0 Å². The fourth-order valence-corrected chi connectivity index (χ4v) is 3.43. The molecule has 0 bridgehead atoms. The molecule has 4 heteroatoms. The molecule has 0 radical (unpaired) electrons. The van der Waals surface area contributed by atoms with Crippen molar-refractivity contribution in [2.45, 2.75) is 40.0 Å². The van der Waals surface area contributed by atoms with Crippen LogP contribution in [0.3, 0.4) is 0 Å². The van der Waals surface area contributed by atoms with Crippen LogP contribution in [0, 0.1) is 32.6 Å². The minimum Gasteiger partial charge on any atom is -0.469 e. The van der Waals surface area contributed by atoms with Crippen LogP contribution in [0.2, 0.25) is 0 Å². The molecule has 22 heavy (non-hydrogen) atoms. The van der Waals surface area contributed by atoms with Crippen molar-refractivity contribution in [3.8, 4) is 0 Å². The van der Waals surface area contributed by atoms with Crippen molar-refractivity contribution < 1.29 is 19.1 Å². The molecule has 2 rings (SSSR count). The predicted octanol–water partition coefficient (Wildman–Crippen LogP) is 2.49. The highest BCUT2D eigenvalue weighted by Gasteiger charge is 2.44. The van der Waals surface area contributed by atoms with Crippen LogP contribution in [0.1, 0.15) is 35.1 Å². The molecule has 0 heterocycles. The van der Waals surface area contributed by atoms with Crippen LogP contribution in [0.15, 0.2) is 12.1 Å². The average molecular weight is 302 g/mol. The fourth-order valence-electron chi connectivity index (χ4n) is 3.43. The van der Waals surface area contributed by atoms with Crippen molar-refractivity contribution in [1.82, 2.24) is 0 Å². The summed E-state index contributed by atoms with van der Waals surface area (Å²) in [6, 6.07) is 4.06. The Morgan fingerprint density at radius 3 is 2.32 bits per heavy atom. The highest BCUT2D eigenvalue weighted by atomic mass is 16.5. The summed E-state index contributed by atoms with van der Waals surface area (Å²) in [5, 5.41) is 0. The molecule has 1 aromatic rings. The molecular weight excluding hydrogens is 280 g/mol. The fraction of sp³-hybridized carbons (Fsp3) is 0.500. The van der Waals surface area contributed by atoms with Gasteiger partial charge in [-0.2, -0.15) is 0 Å². The van der Waals surface area contributed by atoms with E-state index in [0.29, 0.717) is 6.42 Å². The third-order valence-corrected chi connectivity index (χ3v) is 4.49. The van der Waals surface area contributed by atoms with Crippen LogP contribution in [0.25, 0.3) is 0 Å². The van der Waals surface area contributed by atoms with Gasteiger partial charge in [0.15, 0.2) is 0 Å². The second-order valence-electron chi connectivity index (χ2n) is 6.13. The molecule has 0 amide bonds. The number of rotatable bonds is 4. The van der Waals surface area contributed by atoms with E-state index in [1.807, 2.05) is 32.9 Å². The Bertz CT molecular complexity index is 607. The molecule has 118 valence electrons. The number of ether oxygens (including phenoxy) is 1. The summed E-state index contributed by atoms with van der Waals surface area (Å²) in [7, 11) is 1.29.